The molecule has 1 atom stereocenters. The molecular weight excluding hydrogens is 711 g/mol. The second-order valence-corrected chi connectivity index (χ2v) is 18.6. The zero-order valence-corrected chi connectivity index (χ0v) is 37.6. The Morgan fingerprint density at radius 2 is 0.691 bits per heavy atom. The molecule has 0 fully saturated rings. The SMILES string of the molecule is CC(C)CCCCCCCCCCCCCCCCCCCCC(=O)O[C@H](COC(=O)CCCCCCCCCCCCCCCC(C)C)COP(=O)(O)O. The minimum absolute atomic E-state index is 0.219. The molecule has 0 heterocycles. The van der Waals surface area contributed by atoms with Crippen molar-refractivity contribution in [1.29, 1.82) is 0 Å². The molecular formula is C46H91O8P. The van der Waals surface area contributed by atoms with E-state index < -0.39 is 32.5 Å². The maximum absolute atomic E-state index is 12.4. The van der Waals surface area contributed by atoms with Crippen molar-refractivity contribution in [3.8, 4) is 0 Å². The number of hydrogen-bond acceptors (Lipinski definition) is 6. The Morgan fingerprint density at radius 1 is 0.418 bits per heavy atom. The second-order valence-electron chi connectivity index (χ2n) is 17.4. The van der Waals surface area contributed by atoms with Crippen LogP contribution in [0.25, 0.3) is 0 Å². The molecule has 0 aliphatic rings. The highest BCUT2D eigenvalue weighted by Crippen LogP contribution is 2.36. The van der Waals surface area contributed by atoms with Crippen LogP contribution in [-0.2, 0) is 28.2 Å². The van der Waals surface area contributed by atoms with Gasteiger partial charge in [0.25, 0.3) is 0 Å². The van der Waals surface area contributed by atoms with Gasteiger partial charge in [0.15, 0.2) is 6.10 Å². The van der Waals surface area contributed by atoms with Crippen molar-refractivity contribution < 1.29 is 37.9 Å². The number of ether oxygens (including phenoxy) is 2. The van der Waals surface area contributed by atoms with Crippen molar-refractivity contribution in [2.45, 2.75) is 259 Å². The van der Waals surface area contributed by atoms with Gasteiger partial charge in [-0.2, -0.15) is 0 Å². The van der Waals surface area contributed by atoms with E-state index in [4.69, 9.17) is 19.3 Å². The minimum atomic E-state index is -4.75. The Balaban J connectivity index is 3.80. The summed E-state index contributed by atoms with van der Waals surface area (Å²) < 4.78 is 26.5. The fourth-order valence-electron chi connectivity index (χ4n) is 7.22. The number of carbonyl (C=O) groups is 2. The van der Waals surface area contributed by atoms with Gasteiger partial charge in [-0.1, -0.05) is 227 Å². The van der Waals surface area contributed by atoms with E-state index in [0.29, 0.717) is 6.42 Å². The molecule has 0 radical (unpaired) electrons. The maximum atomic E-state index is 12.4. The van der Waals surface area contributed by atoms with E-state index in [1.165, 1.54) is 173 Å². The molecule has 2 N–H and O–H groups in total. The van der Waals surface area contributed by atoms with Crippen LogP contribution >= 0.6 is 7.82 Å². The Kier molecular flexibility index (Phi) is 39.2. The number of esters is 2. The highest BCUT2D eigenvalue weighted by Gasteiger charge is 2.23. The van der Waals surface area contributed by atoms with Crippen molar-refractivity contribution in [3.63, 3.8) is 0 Å². The van der Waals surface area contributed by atoms with Gasteiger partial charge in [0, 0.05) is 12.8 Å². The Hall–Kier alpha value is -0.950. The lowest BCUT2D eigenvalue weighted by Gasteiger charge is -2.18. The van der Waals surface area contributed by atoms with Crippen molar-refractivity contribution in [1.82, 2.24) is 0 Å². The summed E-state index contributed by atoms with van der Waals surface area (Å²) in [6.07, 6.45) is 41.2. The minimum Gasteiger partial charge on any atom is -0.462 e. The quantitative estimate of drug-likeness (QED) is 0.0355. The lowest BCUT2D eigenvalue weighted by Crippen LogP contribution is -2.29. The summed E-state index contributed by atoms with van der Waals surface area (Å²) in [6.45, 7) is 8.43. The predicted octanol–water partition coefficient (Wildman–Crippen LogP) is 14.5. The van der Waals surface area contributed by atoms with Gasteiger partial charge in [0.05, 0.1) is 6.61 Å². The third kappa shape index (κ3) is 45.6. The molecule has 0 aliphatic carbocycles. The number of rotatable bonds is 43. The lowest BCUT2D eigenvalue weighted by atomic mass is 10.0. The van der Waals surface area contributed by atoms with E-state index in [1.54, 1.807) is 0 Å². The summed E-state index contributed by atoms with van der Waals surface area (Å²) in [7, 11) is -4.75. The first-order chi connectivity index (χ1) is 26.5. The fourth-order valence-corrected chi connectivity index (χ4v) is 7.58. The lowest BCUT2D eigenvalue weighted by molar-refractivity contribution is -0.161. The third-order valence-corrected chi connectivity index (χ3v) is 11.2. The van der Waals surface area contributed by atoms with Gasteiger partial charge in [-0.25, -0.2) is 4.57 Å². The highest BCUT2D eigenvalue weighted by molar-refractivity contribution is 7.46. The molecule has 328 valence electrons. The van der Waals surface area contributed by atoms with Crippen molar-refractivity contribution in [3.05, 3.63) is 0 Å². The largest absolute Gasteiger partial charge is 0.469 e. The van der Waals surface area contributed by atoms with Crippen LogP contribution in [0.1, 0.15) is 252 Å². The van der Waals surface area contributed by atoms with Crippen LogP contribution in [0, 0.1) is 11.8 Å². The molecule has 0 saturated heterocycles. The summed E-state index contributed by atoms with van der Waals surface area (Å²) in [5.74, 6) is 0.809. The van der Waals surface area contributed by atoms with Gasteiger partial charge >= 0.3 is 19.8 Å². The van der Waals surface area contributed by atoms with E-state index in [-0.39, 0.29) is 19.4 Å². The van der Waals surface area contributed by atoms with Crippen LogP contribution in [0.2, 0.25) is 0 Å². The number of phosphoric acid groups is 1. The highest BCUT2D eigenvalue weighted by atomic mass is 31.2. The van der Waals surface area contributed by atoms with Crippen molar-refractivity contribution in [2.75, 3.05) is 13.2 Å². The summed E-state index contributed by atoms with van der Waals surface area (Å²) in [5, 5.41) is 0. The maximum Gasteiger partial charge on any atom is 0.469 e. The van der Waals surface area contributed by atoms with E-state index in [9.17, 15) is 14.2 Å². The van der Waals surface area contributed by atoms with E-state index in [1.807, 2.05) is 0 Å². The molecule has 9 heteroatoms. The van der Waals surface area contributed by atoms with Crippen LogP contribution in [0.4, 0.5) is 0 Å². The number of carbonyl (C=O) groups excluding carboxylic acids is 2. The molecule has 0 aromatic rings. The molecule has 0 aromatic carbocycles. The van der Waals surface area contributed by atoms with Crippen LogP contribution in [0.3, 0.4) is 0 Å². The summed E-state index contributed by atoms with van der Waals surface area (Å²) in [6, 6.07) is 0. The molecule has 0 bridgehead atoms. The van der Waals surface area contributed by atoms with E-state index in [2.05, 4.69) is 32.2 Å². The Bertz CT molecular complexity index is 889. The smallest absolute Gasteiger partial charge is 0.462 e. The molecule has 0 aliphatic heterocycles. The number of unbranched alkanes of at least 4 members (excludes halogenated alkanes) is 29. The first-order valence-corrected chi connectivity index (χ1v) is 25.1. The standard InChI is InChI=1S/C46H91O8P/c1-42(2)36-32-28-24-20-16-12-9-7-5-6-8-10-14-19-23-27-31-35-39-46(48)54-44(41-53-55(49,50)51)40-52-45(47)38-34-30-26-22-18-15-11-13-17-21-25-29-33-37-43(3)4/h42-44H,5-41H2,1-4H3,(H2,49,50,51)/t44-/m1/s1. The molecule has 55 heavy (non-hydrogen) atoms. The van der Waals surface area contributed by atoms with Crippen LogP contribution in [0.5, 0.6) is 0 Å². The summed E-state index contributed by atoms with van der Waals surface area (Å²) in [4.78, 5) is 43.0. The van der Waals surface area contributed by atoms with Crippen molar-refractivity contribution in [2.24, 2.45) is 11.8 Å². The van der Waals surface area contributed by atoms with E-state index in [0.717, 1.165) is 43.9 Å². The first-order valence-electron chi connectivity index (χ1n) is 23.5. The monoisotopic (exact) mass is 803 g/mol. The zero-order valence-electron chi connectivity index (χ0n) is 36.7. The van der Waals surface area contributed by atoms with Crippen LogP contribution in [0.15, 0.2) is 0 Å². The molecule has 8 nitrogen and oxygen atoms in total. The molecule has 0 unspecified atom stereocenters. The average molecular weight is 803 g/mol. The topological polar surface area (TPSA) is 119 Å². The molecule has 0 rings (SSSR count). The van der Waals surface area contributed by atoms with Crippen LogP contribution < -0.4 is 0 Å². The predicted molar refractivity (Wildman–Crippen MR) is 230 cm³/mol. The molecule has 0 aromatic heterocycles. The third-order valence-electron chi connectivity index (χ3n) is 10.7. The summed E-state index contributed by atoms with van der Waals surface area (Å²) in [5.41, 5.74) is 0. The van der Waals surface area contributed by atoms with Gasteiger partial charge < -0.3 is 19.3 Å². The molecule has 0 amide bonds. The van der Waals surface area contributed by atoms with Gasteiger partial charge in [-0.15, -0.1) is 0 Å². The average Bonchev–Trinajstić information content (AvgIpc) is 3.12. The van der Waals surface area contributed by atoms with Gasteiger partial charge in [-0.05, 0) is 24.7 Å². The second kappa shape index (κ2) is 39.9. The van der Waals surface area contributed by atoms with Gasteiger partial charge in [0.2, 0.25) is 0 Å². The molecule has 0 saturated carbocycles. The fraction of sp³-hybridized carbons (Fsp3) is 0.957. The molecule has 0 spiro atoms. The number of hydrogen-bond donors (Lipinski definition) is 2. The summed E-state index contributed by atoms with van der Waals surface area (Å²) >= 11 is 0. The Labute approximate surface area is 340 Å². The zero-order chi connectivity index (χ0) is 40.7. The Morgan fingerprint density at radius 3 is 0.982 bits per heavy atom. The van der Waals surface area contributed by atoms with E-state index >= 15 is 0 Å². The van der Waals surface area contributed by atoms with Crippen LogP contribution in [-0.4, -0.2) is 41.0 Å². The number of phosphoric ester groups is 1. The van der Waals surface area contributed by atoms with Crippen molar-refractivity contribution >= 4 is 19.8 Å². The van der Waals surface area contributed by atoms with Gasteiger partial charge in [0.1, 0.15) is 6.61 Å². The normalized spacial score (nSPS) is 12.5. The first kappa shape index (κ1) is 54.0. The van der Waals surface area contributed by atoms with Gasteiger partial charge in [-0.3, -0.25) is 14.1 Å².